The SMILES string of the molecule is O=C(N[C@@H]1CC[C@H](NC(=O)OCc2ccccc2)C1)OCc1ccccc1. The summed E-state index contributed by atoms with van der Waals surface area (Å²) in [6, 6.07) is 19.1. The molecule has 3 rings (SSSR count). The highest BCUT2D eigenvalue weighted by molar-refractivity contribution is 5.68. The van der Waals surface area contributed by atoms with Crippen LogP contribution in [0.25, 0.3) is 0 Å². The van der Waals surface area contributed by atoms with Crippen LogP contribution in [0.3, 0.4) is 0 Å². The molecular weight excluding hydrogens is 344 g/mol. The minimum absolute atomic E-state index is 0.00676. The quantitative estimate of drug-likeness (QED) is 0.814. The largest absolute Gasteiger partial charge is 0.445 e. The van der Waals surface area contributed by atoms with E-state index in [-0.39, 0.29) is 25.3 Å². The summed E-state index contributed by atoms with van der Waals surface area (Å²) in [7, 11) is 0. The standard InChI is InChI=1S/C21H24N2O4/c24-20(26-14-16-7-3-1-4-8-16)22-18-11-12-19(13-18)23-21(25)27-15-17-9-5-2-6-10-17/h1-10,18-19H,11-15H2,(H,22,24)(H,23,25)/t18-,19+. The van der Waals surface area contributed by atoms with E-state index in [0.717, 1.165) is 24.0 Å². The van der Waals surface area contributed by atoms with Crippen LogP contribution in [-0.4, -0.2) is 24.3 Å². The van der Waals surface area contributed by atoms with Crippen LogP contribution in [0.1, 0.15) is 30.4 Å². The third kappa shape index (κ3) is 6.33. The summed E-state index contributed by atoms with van der Waals surface area (Å²) in [4.78, 5) is 23.8. The number of ether oxygens (including phenoxy) is 2. The predicted octanol–water partition coefficient (Wildman–Crippen LogP) is 3.76. The van der Waals surface area contributed by atoms with Crippen molar-refractivity contribution in [1.29, 1.82) is 0 Å². The van der Waals surface area contributed by atoms with E-state index < -0.39 is 12.2 Å². The first-order valence-corrected chi connectivity index (χ1v) is 9.13. The normalized spacial score (nSPS) is 18.5. The molecule has 2 aromatic carbocycles. The molecule has 2 N–H and O–H groups in total. The van der Waals surface area contributed by atoms with E-state index in [1.54, 1.807) is 0 Å². The van der Waals surface area contributed by atoms with E-state index in [1.165, 1.54) is 0 Å². The zero-order chi connectivity index (χ0) is 18.9. The molecule has 6 nitrogen and oxygen atoms in total. The van der Waals surface area contributed by atoms with Crippen LogP contribution in [0, 0.1) is 0 Å². The number of hydrogen-bond acceptors (Lipinski definition) is 4. The molecule has 2 aromatic rings. The molecule has 6 heteroatoms. The molecular formula is C21H24N2O4. The van der Waals surface area contributed by atoms with Gasteiger partial charge in [-0.05, 0) is 30.4 Å². The van der Waals surface area contributed by atoms with Gasteiger partial charge in [0.05, 0.1) is 0 Å². The van der Waals surface area contributed by atoms with Gasteiger partial charge in [0.1, 0.15) is 13.2 Å². The number of carbonyl (C=O) groups excluding carboxylic acids is 2. The van der Waals surface area contributed by atoms with Gasteiger partial charge < -0.3 is 20.1 Å². The maximum Gasteiger partial charge on any atom is 0.407 e. The number of nitrogens with one attached hydrogen (secondary N) is 2. The Hall–Kier alpha value is -3.02. The Labute approximate surface area is 158 Å². The van der Waals surface area contributed by atoms with Crippen LogP contribution in [0.4, 0.5) is 9.59 Å². The molecule has 0 spiro atoms. The van der Waals surface area contributed by atoms with Gasteiger partial charge in [-0.25, -0.2) is 9.59 Å². The molecule has 0 saturated heterocycles. The van der Waals surface area contributed by atoms with Crippen LogP contribution in [0.5, 0.6) is 0 Å². The molecule has 142 valence electrons. The molecule has 2 atom stereocenters. The van der Waals surface area contributed by atoms with Crippen molar-refractivity contribution in [3.63, 3.8) is 0 Å². The highest BCUT2D eigenvalue weighted by atomic mass is 16.6. The first-order valence-electron chi connectivity index (χ1n) is 9.13. The smallest absolute Gasteiger partial charge is 0.407 e. The first-order chi connectivity index (χ1) is 13.2. The molecule has 0 unspecified atom stereocenters. The maximum atomic E-state index is 11.9. The van der Waals surface area contributed by atoms with Gasteiger partial charge in [-0.15, -0.1) is 0 Å². The van der Waals surface area contributed by atoms with E-state index in [9.17, 15) is 9.59 Å². The molecule has 0 bridgehead atoms. The number of carbonyl (C=O) groups is 2. The van der Waals surface area contributed by atoms with Crippen molar-refractivity contribution in [1.82, 2.24) is 10.6 Å². The van der Waals surface area contributed by atoms with Crippen molar-refractivity contribution in [2.75, 3.05) is 0 Å². The third-order valence-corrected chi connectivity index (χ3v) is 4.50. The Balaban J connectivity index is 1.33. The van der Waals surface area contributed by atoms with Crippen molar-refractivity contribution in [3.05, 3.63) is 71.8 Å². The highest BCUT2D eigenvalue weighted by Crippen LogP contribution is 2.19. The average Bonchev–Trinajstić information content (AvgIpc) is 3.13. The lowest BCUT2D eigenvalue weighted by Gasteiger charge is -2.15. The van der Waals surface area contributed by atoms with Gasteiger partial charge in [0.25, 0.3) is 0 Å². The molecule has 0 aliphatic heterocycles. The van der Waals surface area contributed by atoms with Gasteiger partial charge >= 0.3 is 12.2 Å². The highest BCUT2D eigenvalue weighted by Gasteiger charge is 2.27. The lowest BCUT2D eigenvalue weighted by atomic mass is 10.2. The summed E-state index contributed by atoms with van der Waals surface area (Å²) in [5, 5.41) is 5.71. The van der Waals surface area contributed by atoms with Crippen molar-refractivity contribution in [2.24, 2.45) is 0 Å². The molecule has 2 amide bonds. The molecule has 0 radical (unpaired) electrons. The van der Waals surface area contributed by atoms with E-state index in [4.69, 9.17) is 9.47 Å². The van der Waals surface area contributed by atoms with Crippen LogP contribution in [0.2, 0.25) is 0 Å². The van der Waals surface area contributed by atoms with Gasteiger partial charge in [0.15, 0.2) is 0 Å². The second-order valence-corrected chi connectivity index (χ2v) is 6.62. The van der Waals surface area contributed by atoms with Gasteiger partial charge in [-0.3, -0.25) is 0 Å². The summed E-state index contributed by atoms with van der Waals surface area (Å²) in [6.45, 7) is 0.486. The molecule has 0 heterocycles. The van der Waals surface area contributed by atoms with E-state index in [1.807, 2.05) is 60.7 Å². The van der Waals surface area contributed by atoms with Crippen molar-refractivity contribution >= 4 is 12.2 Å². The third-order valence-electron chi connectivity index (χ3n) is 4.50. The number of hydrogen-bond donors (Lipinski definition) is 2. The second-order valence-electron chi connectivity index (χ2n) is 6.62. The molecule has 27 heavy (non-hydrogen) atoms. The van der Waals surface area contributed by atoms with E-state index >= 15 is 0 Å². The molecule has 1 aliphatic carbocycles. The first kappa shape index (κ1) is 18.8. The predicted molar refractivity (Wildman–Crippen MR) is 101 cm³/mol. The number of amides is 2. The van der Waals surface area contributed by atoms with Gasteiger partial charge in [0, 0.05) is 12.1 Å². The van der Waals surface area contributed by atoms with Crippen LogP contribution < -0.4 is 10.6 Å². The zero-order valence-electron chi connectivity index (χ0n) is 15.1. The molecule has 1 aliphatic rings. The summed E-state index contributed by atoms with van der Waals surface area (Å²) >= 11 is 0. The molecule has 1 saturated carbocycles. The fraction of sp³-hybridized carbons (Fsp3) is 0.333. The van der Waals surface area contributed by atoms with E-state index in [2.05, 4.69) is 10.6 Å². The lowest BCUT2D eigenvalue weighted by molar-refractivity contribution is 0.134. The number of alkyl carbamates (subject to hydrolysis) is 2. The van der Waals surface area contributed by atoms with Crippen LogP contribution in [0.15, 0.2) is 60.7 Å². The number of rotatable bonds is 6. The summed E-state index contributed by atoms with van der Waals surface area (Å²) in [6.07, 6.45) is 1.39. The summed E-state index contributed by atoms with van der Waals surface area (Å²) < 4.78 is 10.5. The summed E-state index contributed by atoms with van der Waals surface area (Å²) in [5.74, 6) is 0. The van der Waals surface area contributed by atoms with E-state index in [0.29, 0.717) is 6.42 Å². The van der Waals surface area contributed by atoms with Crippen molar-refractivity contribution in [2.45, 2.75) is 44.6 Å². The Morgan fingerprint density at radius 1 is 0.741 bits per heavy atom. The fourth-order valence-corrected chi connectivity index (χ4v) is 3.11. The minimum Gasteiger partial charge on any atom is -0.445 e. The Morgan fingerprint density at radius 3 is 1.56 bits per heavy atom. The van der Waals surface area contributed by atoms with Crippen molar-refractivity contribution in [3.8, 4) is 0 Å². The monoisotopic (exact) mass is 368 g/mol. The van der Waals surface area contributed by atoms with Gasteiger partial charge in [-0.2, -0.15) is 0 Å². The molecule has 0 aromatic heterocycles. The minimum atomic E-state index is -0.434. The maximum absolute atomic E-state index is 11.9. The van der Waals surface area contributed by atoms with Gasteiger partial charge in [-0.1, -0.05) is 60.7 Å². The van der Waals surface area contributed by atoms with Gasteiger partial charge in [0.2, 0.25) is 0 Å². The Kier molecular flexibility index (Phi) is 6.68. The lowest BCUT2D eigenvalue weighted by Crippen LogP contribution is -2.37. The fourth-order valence-electron chi connectivity index (χ4n) is 3.11. The zero-order valence-corrected chi connectivity index (χ0v) is 15.1. The van der Waals surface area contributed by atoms with Crippen LogP contribution >= 0.6 is 0 Å². The second kappa shape index (κ2) is 9.62. The Morgan fingerprint density at radius 2 is 1.15 bits per heavy atom. The Bertz CT molecular complexity index is 673. The van der Waals surface area contributed by atoms with Crippen molar-refractivity contribution < 1.29 is 19.1 Å². The summed E-state index contributed by atoms with van der Waals surface area (Å²) in [5.41, 5.74) is 1.89. The number of benzene rings is 2. The molecule has 1 fully saturated rings. The average molecular weight is 368 g/mol. The van der Waals surface area contributed by atoms with Crippen LogP contribution in [-0.2, 0) is 22.7 Å². The topological polar surface area (TPSA) is 76.7 Å².